The summed E-state index contributed by atoms with van der Waals surface area (Å²) >= 11 is 0. The first-order valence-corrected chi connectivity index (χ1v) is 8.80. The van der Waals surface area contributed by atoms with Crippen LogP contribution in [0.5, 0.6) is 0 Å². The number of rotatable bonds is 8. The fourth-order valence-electron chi connectivity index (χ4n) is 3.81. The van der Waals surface area contributed by atoms with Crippen LogP contribution in [0.4, 0.5) is 0 Å². The zero-order valence-corrected chi connectivity index (χ0v) is 14.0. The molecule has 2 fully saturated rings. The van der Waals surface area contributed by atoms with E-state index in [4.69, 9.17) is 15.2 Å². The van der Waals surface area contributed by atoms with Gasteiger partial charge in [0.15, 0.2) is 0 Å². The molecule has 0 bridgehead atoms. The van der Waals surface area contributed by atoms with Gasteiger partial charge in [0.25, 0.3) is 0 Å². The van der Waals surface area contributed by atoms with E-state index in [-0.39, 0.29) is 11.3 Å². The van der Waals surface area contributed by atoms with Crippen LogP contribution in [-0.2, 0) is 14.3 Å². The molecule has 22 heavy (non-hydrogen) atoms. The highest BCUT2D eigenvalue weighted by Gasteiger charge is 2.40. The topological polar surface area (TPSA) is 73.6 Å². The van der Waals surface area contributed by atoms with E-state index >= 15 is 0 Å². The van der Waals surface area contributed by atoms with Gasteiger partial charge in [-0.1, -0.05) is 12.8 Å². The van der Waals surface area contributed by atoms with Crippen molar-refractivity contribution in [3.8, 4) is 0 Å². The molecule has 1 saturated carbocycles. The van der Waals surface area contributed by atoms with Gasteiger partial charge in [-0.2, -0.15) is 0 Å². The van der Waals surface area contributed by atoms with E-state index in [2.05, 4.69) is 5.32 Å². The van der Waals surface area contributed by atoms with Crippen molar-refractivity contribution in [2.45, 2.75) is 51.9 Å². The minimum Gasteiger partial charge on any atom is -0.382 e. The van der Waals surface area contributed by atoms with Crippen LogP contribution in [0.15, 0.2) is 0 Å². The monoisotopic (exact) mass is 312 g/mol. The number of amides is 1. The first kappa shape index (κ1) is 17.7. The summed E-state index contributed by atoms with van der Waals surface area (Å²) in [5.74, 6) is 0.126. The highest BCUT2D eigenvalue weighted by molar-refractivity contribution is 5.83. The van der Waals surface area contributed by atoms with Crippen LogP contribution in [0.25, 0.3) is 0 Å². The van der Waals surface area contributed by atoms with Gasteiger partial charge < -0.3 is 20.5 Å². The Labute approximate surface area is 134 Å². The van der Waals surface area contributed by atoms with E-state index in [1.54, 1.807) is 0 Å². The molecular weight excluding hydrogens is 280 g/mol. The number of ether oxygens (including phenoxy) is 2. The van der Waals surface area contributed by atoms with Gasteiger partial charge in [-0.15, -0.1) is 0 Å². The van der Waals surface area contributed by atoms with Crippen LogP contribution in [0, 0.1) is 10.8 Å². The molecule has 0 radical (unpaired) electrons. The van der Waals surface area contributed by atoms with E-state index in [0.29, 0.717) is 19.8 Å². The average Bonchev–Trinajstić information content (AvgIpc) is 3.02. The zero-order valence-electron chi connectivity index (χ0n) is 14.0. The van der Waals surface area contributed by atoms with E-state index in [0.717, 1.165) is 39.0 Å². The molecule has 0 spiro atoms. The minimum atomic E-state index is -0.419. The Balaban J connectivity index is 1.89. The van der Waals surface area contributed by atoms with E-state index in [1.807, 2.05) is 6.92 Å². The molecule has 0 aromatic carbocycles. The van der Waals surface area contributed by atoms with E-state index < -0.39 is 5.41 Å². The molecular formula is C17H32N2O3. The predicted molar refractivity (Wildman–Crippen MR) is 86.6 cm³/mol. The molecule has 1 saturated heterocycles. The zero-order chi connectivity index (χ0) is 15.9. The van der Waals surface area contributed by atoms with Gasteiger partial charge in [0.05, 0.1) is 5.41 Å². The van der Waals surface area contributed by atoms with Gasteiger partial charge in [0, 0.05) is 39.5 Å². The molecule has 0 unspecified atom stereocenters. The maximum Gasteiger partial charge on any atom is 0.227 e. The van der Waals surface area contributed by atoms with Crippen LogP contribution >= 0.6 is 0 Å². The number of carbonyl (C=O) groups excluding carboxylic acids is 1. The maximum atomic E-state index is 12.7. The van der Waals surface area contributed by atoms with Crippen molar-refractivity contribution in [3.63, 3.8) is 0 Å². The summed E-state index contributed by atoms with van der Waals surface area (Å²) in [6.07, 6.45) is 7.43. The summed E-state index contributed by atoms with van der Waals surface area (Å²) in [6.45, 7) is 6.04. The smallest absolute Gasteiger partial charge is 0.227 e. The predicted octanol–water partition coefficient (Wildman–Crippen LogP) is 1.85. The van der Waals surface area contributed by atoms with Crippen molar-refractivity contribution in [3.05, 3.63) is 0 Å². The third kappa shape index (κ3) is 4.21. The molecule has 2 rings (SSSR count). The lowest BCUT2D eigenvalue weighted by Crippen LogP contribution is -2.51. The minimum absolute atomic E-state index is 0.126. The molecule has 1 aliphatic carbocycles. The Morgan fingerprint density at radius 3 is 2.50 bits per heavy atom. The van der Waals surface area contributed by atoms with Crippen LogP contribution in [0.1, 0.15) is 51.9 Å². The second-order valence-electron chi connectivity index (χ2n) is 6.93. The Kier molecular flexibility index (Phi) is 6.66. The molecule has 128 valence electrons. The molecule has 1 amide bonds. The molecule has 3 N–H and O–H groups in total. The Hall–Kier alpha value is -0.650. The van der Waals surface area contributed by atoms with Gasteiger partial charge >= 0.3 is 0 Å². The summed E-state index contributed by atoms with van der Waals surface area (Å²) < 4.78 is 10.9. The number of hydrogen-bond acceptors (Lipinski definition) is 4. The van der Waals surface area contributed by atoms with Gasteiger partial charge in [-0.25, -0.2) is 0 Å². The number of nitrogens with one attached hydrogen (secondary N) is 1. The number of hydrogen-bond donors (Lipinski definition) is 2. The van der Waals surface area contributed by atoms with Crippen molar-refractivity contribution in [2.75, 3.05) is 39.5 Å². The van der Waals surface area contributed by atoms with Crippen molar-refractivity contribution >= 4 is 5.91 Å². The van der Waals surface area contributed by atoms with Crippen LogP contribution in [0.2, 0.25) is 0 Å². The highest BCUT2D eigenvalue weighted by atomic mass is 16.5. The van der Waals surface area contributed by atoms with Crippen LogP contribution in [-0.4, -0.2) is 45.4 Å². The van der Waals surface area contributed by atoms with Crippen LogP contribution < -0.4 is 11.1 Å². The molecule has 1 heterocycles. The first-order valence-electron chi connectivity index (χ1n) is 8.80. The Morgan fingerprint density at radius 1 is 1.23 bits per heavy atom. The number of nitrogens with two attached hydrogens (primary N) is 1. The lowest BCUT2D eigenvalue weighted by molar-refractivity contribution is -0.136. The van der Waals surface area contributed by atoms with E-state index in [1.165, 1.54) is 25.7 Å². The summed E-state index contributed by atoms with van der Waals surface area (Å²) in [5, 5.41) is 3.22. The summed E-state index contributed by atoms with van der Waals surface area (Å²) in [4.78, 5) is 12.7. The molecule has 2 aliphatic rings. The van der Waals surface area contributed by atoms with Crippen molar-refractivity contribution in [1.82, 2.24) is 5.32 Å². The average molecular weight is 312 g/mol. The van der Waals surface area contributed by atoms with Gasteiger partial charge in [-0.05, 0) is 44.4 Å². The summed E-state index contributed by atoms with van der Waals surface area (Å²) in [5.41, 5.74) is 5.73. The second kappa shape index (κ2) is 8.27. The third-order valence-electron chi connectivity index (χ3n) is 5.59. The largest absolute Gasteiger partial charge is 0.382 e. The van der Waals surface area contributed by atoms with Gasteiger partial charge in [0.2, 0.25) is 5.91 Å². The quantitative estimate of drug-likeness (QED) is 0.671. The highest BCUT2D eigenvalue weighted by Crippen LogP contribution is 2.41. The standard InChI is InChI=1S/C17H32N2O3/c1-2-21-10-7-16(5-3-4-6-16)14-19-15(20)17(13-18)8-11-22-12-9-17/h2-14,18H2,1H3,(H,19,20). The fraction of sp³-hybridized carbons (Fsp3) is 0.941. The molecule has 1 aliphatic heterocycles. The lowest BCUT2D eigenvalue weighted by atomic mass is 9.78. The third-order valence-corrected chi connectivity index (χ3v) is 5.59. The normalized spacial score (nSPS) is 23.4. The Morgan fingerprint density at radius 2 is 1.91 bits per heavy atom. The lowest BCUT2D eigenvalue weighted by Gasteiger charge is -2.36. The number of carbonyl (C=O) groups is 1. The van der Waals surface area contributed by atoms with Gasteiger partial charge in [-0.3, -0.25) is 4.79 Å². The van der Waals surface area contributed by atoms with E-state index in [9.17, 15) is 4.79 Å². The first-order chi connectivity index (χ1) is 10.7. The summed E-state index contributed by atoms with van der Waals surface area (Å²) in [7, 11) is 0. The Bertz CT molecular complexity index is 348. The van der Waals surface area contributed by atoms with Crippen molar-refractivity contribution < 1.29 is 14.3 Å². The fourth-order valence-corrected chi connectivity index (χ4v) is 3.81. The van der Waals surface area contributed by atoms with Gasteiger partial charge in [0.1, 0.15) is 0 Å². The molecule has 0 atom stereocenters. The molecule has 5 heteroatoms. The molecule has 0 aromatic heterocycles. The molecule has 5 nitrogen and oxygen atoms in total. The maximum absolute atomic E-state index is 12.7. The molecule has 0 aromatic rings. The van der Waals surface area contributed by atoms with Crippen LogP contribution in [0.3, 0.4) is 0 Å². The summed E-state index contributed by atoms with van der Waals surface area (Å²) in [6, 6.07) is 0. The van der Waals surface area contributed by atoms with Crippen molar-refractivity contribution in [2.24, 2.45) is 16.6 Å². The SMILES string of the molecule is CCOCCC1(CNC(=O)C2(CN)CCOCC2)CCCC1. The van der Waals surface area contributed by atoms with Crippen molar-refractivity contribution in [1.29, 1.82) is 0 Å². The second-order valence-corrected chi connectivity index (χ2v) is 6.93.